The average molecular weight is 237 g/mol. The van der Waals surface area contributed by atoms with Crippen LogP contribution < -0.4 is 16.0 Å². The van der Waals surface area contributed by atoms with Crippen molar-refractivity contribution in [1.29, 1.82) is 0 Å². The summed E-state index contributed by atoms with van der Waals surface area (Å²) in [6, 6.07) is 5.89. The van der Waals surface area contributed by atoms with Gasteiger partial charge in [-0.3, -0.25) is 4.79 Å². The van der Waals surface area contributed by atoms with E-state index in [-0.39, 0.29) is 30.4 Å². The molecule has 4 nitrogen and oxygen atoms in total. The fraction of sp³-hybridized carbons (Fsp3) is 0.417. The summed E-state index contributed by atoms with van der Waals surface area (Å²) >= 11 is 0. The van der Waals surface area contributed by atoms with Crippen molar-refractivity contribution in [3.05, 3.63) is 30.1 Å². The minimum absolute atomic E-state index is 0.0741. The summed E-state index contributed by atoms with van der Waals surface area (Å²) in [5.74, 6) is -0.359. The lowest BCUT2D eigenvalue weighted by molar-refractivity contribution is -0.123. The summed E-state index contributed by atoms with van der Waals surface area (Å²) in [6.45, 7) is 2.83. The Kier molecular flexibility index (Phi) is 3.28. The molecule has 1 fully saturated rings. The zero-order valence-electron chi connectivity index (χ0n) is 9.69. The minimum atomic E-state index is -0.385. The minimum Gasteiger partial charge on any atom is -0.354 e. The zero-order valence-corrected chi connectivity index (χ0v) is 9.69. The second-order valence-electron chi connectivity index (χ2n) is 4.23. The maximum atomic E-state index is 12.9. The number of nitrogens with zero attached hydrogens (tertiary/aromatic N) is 1. The highest BCUT2D eigenvalue weighted by Gasteiger charge is 2.33. The number of benzene rings is 1. The molecule has 5 heteroatoms. The van der Waals surface area contributed by atoms with Gasteiger partial charge in [0.15, 0.2) is 0 Å². The van der Waals surface area contributed by atoms with E-state index in [2.05, 4.69) is 5.32 Å². The molecule has 1 aromatic carbocycles. The SMILES string of the molecule is CC1CNC(=O)C(CN)N1c1ccc(F)cc1. The van der Waals surface area contributed by atoms with E-state index in [4.69, 9.17) is 5.73 Å². The number of hydrogen-bond donors (Lipinski definition) is 2. The summed E-state index contributed by atoms with van der Waals surface area (Å²) in [7, 11) is 0. The fourth-order valence-corrected chi connectivity index (χ4v) is 2.17. The summed E-state index contributed by atoms with van der Waals surface area (Å²) in [5, 5.41) is 2.81. The van der Waals surface area contributed by atoms with Crippen LogP contribution in [0.2, 0.25) is 0 Å². The standard InChI is InChI=1S/C12H16FN3O/c1-8-7-15-12(17)11(6-14)16(8)10-4-2-9(13)3-5-10/h2-5,8,11H,6-7,14H2,1H3,(H,15,17). The second-order valence-corrected chi connectivity index (χ2v) is 4.23. The third-order valence-electron chi connectivity index (χ3n) is 3.03. The molecule has 0 saturated carbocycles. The van der Waals surface area contributed by atoms with Gasteiger partial charge in [0.1, 0.15) is 11.9 Å². The van der Waals surface area contributed by atoms with Crippen molar-refractivity contribution in [1.82, 2.24) is 5.32 Å². The van der Waals surface area contributed by atoms with Crippen molar-refractivity contribution in [3.63, 3.8) is 0 Å². The molecular formula is C12H16FN3O. The molecule has 0 spiro atoms. The van der Waals surface area contributed by atoms with E-state index < -0.39 is 0 Å². The molecule has 0 aliphatic carbocycles. The van der Waals surface area contributed by atoms with E-state index in [1.807, 2.05) is 11.8 Å². The number of nitrogens with one attached hydrogen (secondary N) is 1. The van der Waals surface area contributed by atoms with E-state index in [0.717, 1.165) is 5.69 Å². The van der Waals surface area contributed by atoms with Gasteiger partial charge in [-0.15, -0.1) is 0 Å². The Morgan fingerprint density at radius 2 is 2.12 bits per heavy atom. The van der Waals surface area contributed by atoms with Gasteiger partial charge in [0.05, 0.1) is 0 Å². The van der Waals surface area contributed by atoms with Crippen LogP contribution in [0, 0.1) is 5.82 Å². The Morgan fingerprint density at radius 3 is 2.71 bits per heavy atom. The normalized spacial score (nSPS) is 24.6. The molecule has 92 valence electrons. The number of hydrogen-bond acceptors (Lipinski definition) is 3. The highest BCUT2D eigenvalue weighted by molar-refractivity contribution is 5.87. The van der Waals surface area contributed by atoms with Crippen LogP contribution in [0.15, 0.2) is 24.3 Å². The molecule has 1 aliphatic heterocycles. The number of amides is 1. The average Bonchev–Trinajstić information content (AvgIpc) is 2.33. The Bertz CT molecular complexity index is 407. The van der Waals surface area contributed by atoms with Crippen molar-refractivity contribution in [2.24, 2.45) is 5.73 Å². The molecule has 1 amide bonds. The predicted octanol–water partition coefficient (Wildman–Crippen LogP) is 0.478. The Balaban J connectivity index is 2.32. The maximum Gasteiger partial charge on any atom is 0.244 e. The van der Waals surface area contributed by atoms with Gasteiger partial charge in [-0.05, 0) is 31.2 Å². The van der Waals surface area contributed by atoms with Gasteiger partial charge in [-0.2, -0.15) is 0 Å². The third-order valence-corrected chi connectivity index (χ3v) is 3.03. The highest BCUT2D eigenvalue weighted by Crippen LogP contribution is 2.22. The molecule has 0 radical (unpaired) electrons. The summed E-state index contributed by atoms with van der Waals surface area (Å²) in [4.78, 5) is 13.7. The number of carbonyl (C=O) groups is 1. The van der Waals surface area contributed by atoms with Crippen molar-refractivity contribution in [2.75, 3.05) is 18.0 Å². The van der Waals surface area contributed by atoms with E-state index in [1.165, 1.54) is 12.1 Å². The van der Waals surface area contributed by atoms with Gasteiger partial charge in [-0.1, -0.05) is 0 Å². The lowest BCUT2D eigenvalue weighted by Gasteiger charge is -2.41. The fourth-order valence-electron chi connectivity index (χ4n) is 2.17. The van der Waals surface area contributed by atoms with Crippen molar-refractivity contribution in [3.8, 4) is 0 Å². The monoisotopic (exact) mass is 237 g/mol. The first-order valence-electron chi connectivity index (χ1n) is 5.65. The van der Waals surface area contributed by atoms with Crippen LogP contribution in [-0.4, -0.2) is 31.1 Å². The van der Waals surface area contributed by atoms with Gasteiger partial charge in [0.2, 0.25) is 5.91 Å². The molecule has 1 saturated heterocycles. The molecule has 0 aromatic heterocycles. The molecule has 1 heterocycles. The number of rotatable bonds is 2. The lowest BCUT2D eigenvalue weighted by Crippen LogP contribution is -2.62. The molecule has 2 rings (SSSR count). The lowest BCUT2D eigenvalue weighted by atomic mass is 10.1. The first-order chi connectivity index (χ1) is 8.13. The first kappa shape index (κ1) is 11.9. The molecule has 1 aliphatic rings. The Labute approximate surface area is 99.6 Å². The van der Waals surface area contributed by atoms with Gasteiger partial charge in [0, 0.05) is 24.8 Å². The number of piperazine rings is 1. The highest BCUT2D eigenvalue weighted by atomic mass is 19.1. The molecule has 3 N–H and O–H groups in total. The van der Waals surface area contributed by atoms with E-state index in [1.54, 1.807) is 12.1 Å². The molecule has 2 unspecified atom stereocenters. The second kappa shape index (κ2) is 4.71. The number of nitrogens with two attached hydrogens (primary N) is 1. The molecule has 1 aromatic rings. The van der Waals surface area contributed by atoms with Crippen molar-refractivity contribution < 1.29 is 9.18 Å². The predicted molar refractivity (Wildman–Crippen MR) is 64.2 cm³/mol. The van der Waals surface area contributed by atoms with Gasteiger partial charge in [0.25, 0.3) is 0 Å². The van der Waals surface area contributed by atoms with Crippen molar-refractivity contribution >= 4 is 11.6 Å². The summed E-state index contributed by atoms with van der Waals surface area (Å²) in [6.07, 6.45) is 0. The van der Waals surface area contributed by atoms with E-state index in [0.29, 0.717) is 6.54 Å². The van der Waals surface area contributed by atoms with Crippen LogP contribution >= 0.6 is 0 Å². The van der Waals surface area contributed by atoms with Gasteiger partial charge < -0.3 is 16.0 Å². The maximum absolute atomic E-state index is 12.9. The van der Waals surface area contributed by atoms with Crippen LogP contribution in [0.25, 0.3) is 0 Å². The first-order valence-corrected chi connectivity index (χ1v) is 5.65. The van der Waals surface area contributed by atoms with Crippen LogP contribution in [0.1, 0.15) is 6.92 Å². The van der Waals surface area contributed by atoms with Crippen molar-refractivity contribution in [2.45, 2.75) is 19.0 Å². The largest absolute Gasteiger partial charge is 0.354 e. The summed E-state index contributed by atoms with van der Waals surface area (Å²) in [5.41, 5.74) is 6.46. The Morgan fingerprint density at radius 1 is 1.47 bits per heavy atom. The van der Waals surface area contributed by atoms with Crippen LogP contribution in [0.5, 0.6) is 0 Å². The number of anilines is 1. The smallest absolute Gasteiger partial charge is 0.244 e. The number of carbonyl (C=O) groups excluding carboxylic acids is 1. The Hall–Kier alpha value is -1.62. The molecule has 0 bridgehead atoms. The van der Waals surface area contributed by atoms with Gasteiger partial charge >= 0.3 is 0 Å². The topological polar surface area (TPSA) is 58.4 Å². The van der Waals surface area contributed by atoms with Gasteiger partial charge in [-0.25, -0.2) is 4.39 Å². The van der Waals surface area contributed by atoms with E-state index in [9.17, 15) is 9.18 Å². The summed E-state index contributed by atoms with van der Waals surface area (Å²) < 4.78 is 12.9. The van der Waals surface area contributed by atoms with E-state index >= 15 is 0 Å². The van der Waals surface area contributed by atoms with Crippen LogP contribution in [0.3, 0.4) is 0 Å². The molecule has 17 heavy (non-hydrogen) atoms. The third kappa shape index (κ3) is 2.24. The number of halogens is 1. The molecule has 2 atom stereocenters. The van der Waals surface area contributed by atoms with Crippen LogP contribution in [0.4, 0.5) is 10.1 Å². The molecular weight excluding hydrogens is 221 g/mol. The van der Waals surface area contributed by atoms with Crippen LogP contribution in [-0.2, 0) is 4.79 Å². The zero-order chi connectivity index (χ0) is 12.4. The quantitative estimate of drug-likeness (QED) is 0.786.